The third kappa shape index (κ3) is 2.07. The van der Waals surface area contributed by atoms with Crippen molar-refractivity contribution in [2.24, 2.45) is 0 Å². The summed E-state index contributed by atoms with van der Waals surface area (Å²) in [4.78, 5) is 9.66. The maximum Gasteiger partial charge on any atom is 0.145 e. The predicted octanol–water partition coefficient (Wildman–Crippen LogP) is 4.26. The molecule has 2 heterocycles. The van der Waals surface area contributed by atoms with Gasteiger partial charge in [-0.3, -0.25) is 0 Å². The van der Waals surface area contributed by atoms with E-state index < -0.39 is 0 Å². The Morgan fingerprint density at radius 2 is 1.44 bits per heavy atom. The summed E-state index contributed by atoms with van der Waals surface area (Å²) in [6.45, 7) is 0. The lowest BCUT2D eigenvalue weighted by Crippen LogP contribution is -2.08. The SMILES string of the molecule is COc1cccc2cc3c(nc12)-c1nc2c(O)cccc2cc1CC3. The van der Waals surface area contributed by atoms with Crippen molar-refractivity contribution in [1.29, 1.82) is 0 Å². The summed E-state index contributed by atoms with van der Waals surface area (Å²) in [5, 5.41) is 12.2. The standard InChI is InChI=1S/C21H16N2O2/c1-25-17-7-3-5-13-11-15-9-8-14-10-12-4-2-6-16(24)18(12)22-20(14)21(15)23-19(13)17/h2-7,10-11,24H,8-9H2,1H3. The lowest BCUT2D eigenvalue weighted by Gasteiger charge is -2.20. The number of aryl methyl sites for hydroxylation is 2. The van der Waals surface area contributed by atoms with Crippen molar-refractivity contribution < 1.29 is 9.84 Å². The van der Waals surface area contributed by atoms with Gasteiger partial charge in [0.25, 0.3) is 0 Å². The van der Waals surface area contributed by atoms with Crippen molar-refractivity contribution in [3.63, 3.8) is 0 Å². The molecule has 1 aliphatic rings. The Hall–Kier alpha value is -3.14. The van der Waals surface area contributed by atoms with Gasteiger partial charge in [0.15, 0.2) is 0 Å². The zero-order valence-electron chi connectivity index (χ0n) is 13.8. The molecule has 4 nitrogen and oxygen atoms in total. The summed E-state index contributed by atoms with van der Waals surface area (Å²) in [5.74, 6) is 0.960. The molecule has 1 N–H and O–H groups in total. The molecule has 0 atom stereocenters. The Balaban J connectivity index is 1.84. The summed E-state index contributed by atoms with van der Waals surface area (Å²) in [6, 6.07) is 15.8. The average molecular weight is 328 g/mol. The molecule has 1 aliphatic carbocycles. The number of fused-ring (bicyclic) bond motifs is 5. The maximum absolute atomic E-state index is 10.2. The highest BCUT2D eigenvalue weighted by Gasteiger charge is 2.22. The van der Waals surface area contributed by atoms with Gasteiger partial charge in [-0.25, -0.2) is 9.97 Å². The van der Waals surface area contributed by atoms with Gasteiger partial charge in [-0.15, -0.1) is 0 Å². The Morgan fingerprint density at radius 1 is 0.840 bits per heavy atom. The van der Waals surface area contributed by atoms with Crippen LogP contribution in [0.2, 0.25) is 0 Å². The monoisotopic (exact) mass is 328 g/mol. The first kappa shape index (κ1) is 14.2. The number of methoxy groups -OCH3 is 1. The van der Waals surface area contributed by atoms with Crippen LogP contribution in [0.15, 0.2) is 48.5 Å². The predicted molar refractivity (Wildman–Crippen MR) is 98.1 cm³/mol. The molecular formula is C21H16N2O2. The fourth-order valence-corrected chi connectivity index (χ4v) is 3.67. The van der Waals surface area contributed by atoms with Crippen molar-refractivity contribution in [1.82, 2.24) is 9.97 Å². The summed E-state index contributed by atoms with van der Waals surface area (Å²) in [6.07, 6.45) is 1.87. The van der Waals surface area contributed by atoms with E-state index in [-0.39, 0.29) is 5.75 Å². The number of hydrogen-bond donors (Lipinski definition) is 1. The van der Waals surface area contributed by atoms with Gasteiger partial charge >= 0.3 is 0 Å². The number of phenols is 1. The van der Waals surface area contributed by atoms with Crippen LogP contribution in [-0.2, 0) is 12.8 Å². The summed E-state index contributed by atoms with van der Waals surface area (Å²) in [5.41, 5.74) is 5.58. The molecule has 0 saturated carbocycles. The van der Waals surface area contributed by atoms with Gasteiger partial charge in [-0.2, -0.15) is 0 Å². The molecule has 2 aromatic heterocycles. The number of pyridine rings is 2. The first-order chi connectivity index (χ1) is 12.2. The van der Waals surface area contributed by atoms with E-state index in [1.54, 1.807) is 13.2 Å². The van der Waals surface area contributed by atoms with Gasteiger partial charge in [-0.1, -0.05) is 24.3 Å². The number of nitrogens with zero attached hydrogens (tertiary/aromatic N) is 2. The fraction of sp³-hybridized carbons (Fsp3) is 0.143. The number of rotatable bonds is 1. The number of para-hydroxylation sites is 2. The average Bonchev–Trinajstić information content (AvgIpc) is 2.65. The molecule has 122 valence electrons. The molecule has 0 fully saturated rings. The second-order valence-electron chi connectivity index (χ2n) is 6.37. The van der Waals surface area contributed by atoms with Crippen LogP contribution in [-0.4, -0.2) is 22.2 Å². The van der Waals surface area contributed by atoms with Gasteiger partial charge in [0, 0.05) is 10.8 Å². The van der Waals surface area contributed by atoms with Gasteiger partial charge in [0.05, 0.1) is 18.5 Å². The minimum absolute atomic E-state index is 0.200. The first-order valence-electron chi connectivity index (χ1n) is 8.33. The van der Waals surface area contributed by atoms with E-state index in [9.17, 15) is 5.11 Å². The molecule has 25 heavy (non-hydrogen) atoms. The third-order valence-electron chi connectivity index (χ3n) is 4.90. The van der Waals surface area contributed by atoms with Gasteiger partial charge in [0.2, 0.25) is 0 Å². The van der Waals surface area contributed by atoms with Crippen LogP contribution in [0, 0.1) is 0 Å². The van der Waals surface area contributed by atoms with E-state index in [1.807, 2.05) is 24.3 Å². The number of aromatic nitrogens is 2. The van der Waals surface area contributed by atoms with Crippen molar-refractivity contribution >= 4 is 21.8 Å². The summed E-state index contributed by atoms with van der Waals surface area (Å²) in [7, 11) is 1.66. The van der Waals surface area contributed by atoms with Crippen LogP contribution in [0.1, 0.15) is 11.1 Å². The van der Waals surface area contributed by atoms with Crippen molar-refractivity contribution in [2.45, 2.75) is 12.8 Å². The lowest BCUT2D eigenvalue weighted by atomic mass is 9.90. The molecule has 5 rings (SSSR count). The number of phenolic OH excluding ortho intramolecular Hbond substituents is 1. The zero-order valence-corrected chi connectivity index (χ0v) is 13.8. The van der Waals surface area contributed by atoms with Crippen molar-refractivity contribution in [2.75, 3.05) is 7.11 Å². The van der Waals surface area contributed by atoms with Crippen LogP contribution in [0.4, 0.5) is 0 Å². The molecule has 0 bridgehead atoms. The molecule has 0 unspecified atom stereocenters. The second-order valence-corrected chi connectivity index (χ2v) is 6.37. The van der Waals surface area contributed by atoms with Gasteiger partial charge in [0.1, 0.15) is 22.5 Å². The highest BCUT2D eigenvalue weighted by atomic mass is 16.5. The number of hydrogen-bond acceptors (Lipinski definition) is 4. The van der Waals surface area contributed by atoms with Crippen LogP contribution in [0.25, 0.3) is 33.2 Å². The summed E-state index contributed by atoms with van der Waals surface area (Å²) >= 11 is 0. The molecule has 0 spiro atoms. The van der Waals surface area contributed by atoms with Crippen LogP contribution >= 0.6 is 0 Å². The van der Waals surface area contributed by atoms with E-state index in [0.29, 0.717) is 5.52 Å². The van der Waals surface area contributed by atoms with E-state index in [2.05, 4.69) is 18.2 Å². The smallest absolute Gasteiger partial charge is 0.145 e. The zero-order chi connectivity index (χ0) is 17.0. The third-order valence-corrected chi connectivity index (χ3v) is 4.90. The second kappa shape index (κ2) is 5.18. The van der Waals surface area contributed by atoms with Crippen molar-refractivity contribution in [3.05, 3.63) is 59.7 Å². The van der Waals surface area contributed by atoms with E-state index in [1.165, 1.54) is 11.1 Å². The molecule has 4 heteroatoms. The molecule has 2 aromatic carbocycles. The molecule has 0 saturated heterocycles. The molecule has 0 amide bonds. The highest BCUT2D eigenvalue weighted by molar-refractivity contribution is 5.91. The quantitative estimate of drug-likeness (QED) is 0.567. The van der Waals surface area contributed by atoms with E-state index in [4.69, 9.17) is 14.7 Å². The molecular weight excluding hydrogens is 312 g/mol. The normalized spacial score (nSPS) is 12.8. The molecule has 0 aliphatic heterocycles. The minimum atomic E-state index is 0.200. The number of aromatic hydroxyl groups is 1. The molecule has 4 aromatic rings. The van der Waals surface area contributed by atoms with Crippen molar-refractivity contribution in [3.8, 4) is 22.9 Å². The summed E-state index contributed by atoms with van der Waals surface area (Å²) < 4.78 is 5.47. The largest absolute Gasteiger partial charge is 0.506 e. The lowest BCUT2D eigenvalue weighted by molar-refractivity contribution is 0.419. The molecule has 0 radical (unpaired) electrons. The number of benzene rings is 2. The maximum atomic E-state index is 10.2. The van der Waals surface area contributed by atoms with Crippen LogP contribution in [0.3, 0.4) is 0 Å². The Morgan fingerprint density at radius 3 is 2.12 bits per heavy atom. The van der Waals surface area contributed by atoms with Gasteiger partial charge in [-0.05, 0) is 48.2 Å². The van der Waals surface area contributed by atoms with Crippen LogP contribution < -0.4 is 4.74 Å². The van der Waals surface area contributed by atoms with Gasteiger partial charge < -0.3 is 9.84 Å². The van der Waals surface area contributed by atoms with E-state index in [0.717, 1.165) is 46.3 Å². The Labute approximate surface area is 144 Å². The fourth-order valence-electron chi connectivity index (χ4n) is 3.67. The van der Waals surface area contributed by atoms with E-state index >= 15 is 0 Å². The van der Waals surface area contributed by atoms with Crippen LogP contribution in [0.5, 0.6) is 11.5 Å². The number of ether oxygens (including phenoxy) is 1. The highest BCUT2D eigenvalue weighted by Crippen LogP contribution is 2.37. The minimum Gasteiger partial charge on any atom is -0.506 e. The topological polar surface area (TPSA) is 55.2 Å². The Kier molecular flexibility index (Phi) is 2.95. The first-order valence-corrected chi connectivity index (χ1v) is 8.33. The Bertz CT molecular complexity index is 1150.